The van der Waals surface area contributed by atoms with Gasteiger partial charge in [-0.05, 0) is 27.7 Å². The average Bonchev–Trinajstić information content (AvgIpc) is 2.08. The molecule has 0 bridgehead atoms. The van der Waals surface area contributed by atoms with Crippen LogP contribution in [0.5, 0.6) is 0 Å². The number of ether oxygens (including phenoxy) is 1. The summed E-state index contributed by atoms with van der Waals surface area (Å²) in [5.74, 6) is -1.45. The van der Waals surface area contributed by atoms with Gasteiger partial charge in [-0.2, -0.15) is 0 Å². The van der Waals surface area contributed by atoms with Crippen molar-refractivity contribution in [1.82, 2.24) is 5.32 Å². The summed E-state index contributed by atoms with van der Waals surface area (Å²) >= 11 is 0. The fraction of sp³-hybridized carbons (Fsp3) is 0.636. The molecular weight excluding hydrogens is 210 g/mol. The van der Waals surface area contributed by atoms with Crippen molar-refractivity contribution in [3.05, 3.63) is 12.2 Å². The molecule has 0 spiro atoms. The first-order valence-corrected chi connectivity index (χ1v) is 5.08. The van der Waals surface area contributed by atoms with E-state index in [1.54, 1.807) is 33.8 Å². The predicted molar refractivity (Wildman–Crippen MR) is 60.2 cm³/mol. The van der Waals surface area contributed by atoms with Crippen LogP contribution in [0.4, 0.5) is 4.79 Å². The molecule has 0 rings (SSSR count). The van der Waals surface area contributed by atoms with E-state index in [9.17, 15) is 9.59 Å². The minimum absolute atomic E-state index is 0.256. The van der Waals surface area contributed by atoms with Gasteiger partial charge in [0.15, 0.2) is 0 Å². The highest BCUT2D eigenvalue weighted by atomic mass is 16.6. The SMILES string of the molecule is CC(/C=C/CNC(=O)OC(C)(C)C)C(=O)O. The van der Waals surface area contributed by atoms with Gasteiger partial charge in [-0.3, -0.25) is 4.79 Å². The van der Waals surface area contributed by atoms with Crippen molar-refractivity contribution in [2.45, 2.75) is 33.3 Å². The van der Waals surface area contributed by atoms with Gasteiger partial charge < -0.3 is 15.2 Å². The number of carbonyl (C=O) groups excluding carboxylic acids is 1. The van der Waals surface area contributed by atoms with Crippen LogP contribution in [0.1, 0.15) is 27.7 Å². The monoisotopic (exact) mass is 229 g/mol. The van der Waals surface area contributed by atoms with E-state index < -0.39 is 23.6 Å². The molecule has 1 amide bonds. The van der Waals surface area contributed by atoms with Gasteiger partial charge in [0.2, 0.25) is 0 Å². The zero-order valence-corrected chi connectivity index (χ0v) is 10.1. The summed E-state index contributed by atoms with van der Waals surface area (Å²) in [5, 5.41) is 11.1. The highest BCUT2D eigenvalue weighted by Crippen LogP contribution is 2.06. The molecule has 0 saturated carbocycles. The molecule has 5 heteroatoms. The quantitative estimate of drug-likeness (QED) is 0.720. The highest BCUT2D eigenvalue weighted by molar-refractivity contribution is 5.71. The van der Waals surface area contributed by atoms with E-state index in [4.69, 9.17) is 9.84 Å². The summed E-state index contributed by atoms with van der Waals surface area (Å²) in [6, 6.07) is 0. The Bertz CT molecular complexity index is 278. The lowest BCUT2D eigenvalue weighted by Gasteiger charge is -2.19. The molecule has 0 radical (unpaired) electrons. The molecule has 0 fully saturated rings. The Morgan fingerprint density at radius 3 is 2.44 bits per heavy atom. The maximum absolute atomic E-state index is 11.2. The molecule has 92 valence electrons. The molecule has 0 aliphatic heterocycles. The van der Waals surface area contributed by atoms with Crippen molar-refractivity contribution in [1.29, 1.82) is 0 Å². The van der Waals surface area contributed by atoms with Gasteiger partial charge in [-0.15, -0.1) is 0 Å². The first kappa shape index (κ1) is 14.5. The summed E-state index contributed by atoms with van der Waals surface area (Å²) in [7, 11) is 0. The topological polar surface area (TPSA) is 75.6 Å². The largest absolute Gasteiger partial charge is 0.481 e. The van der Waals surface area contributed by atoms with Crippen LogP contribution in [0.2, 0.25) is 0 Å². The number of hydrogen-bond acceptors (Lipinski definition) is 3. The van der Waals surface area contributed by atoms with Gasteiger partial charge in [-0.25, -0.2) is 4.79 Å². The predicted octanol–water partition coefficient (Wildman–Crippen LogP) is 1.79. The van der Waals surface area contributed by atoms with Gasteiger partial charge >= 0.3 is 12.1 Å². The van der Waals surface area contributed by atoms with E-state index in [1.807, 2.05) is 0 Å². The summed E-state index contributed by atoms with van der Waals surface area (Å²) < 4.78 is 4.99. The molecule has 1 atom stereocenters. The van der Waals surface area contributed by atoms with Crippen molar-refractivity contribution in [3.63, 3.8) is 0 Å². The molecule has 0 heterocycles. The third-order valence-electron chi connectivity index (χ3n) is 1.58. The number of nitrogens with one attached hydrogen (secondary N) is 1. The Morgan fingerprint density at radius 2 is 2.00 bits per heavy atom. The number of carbonyl (C=O) groups is 2. The van der Waals surface area contributed by atoms with Crippen LogP contribution in [0.3, 0.4) is 0 Å². The van der Waals surface area contributed by atoms with Crippen molar-refractivity contribution < 1.29 is 19.4 Å². The maximum Gasteiger partial charge on any atom is 0.407 e. The second-order valence-corrected chi connectivity index (χ2v) is 4.44. The second kappa shape index (κ2) is 6.15. The Balaban J connectivity index is 3.83. The summed E-state index contributed by atoms with van der Waals surface area (Å²) in [6.07, 6.45) is 2.59. The molecule has 16 heavy (non-hydrogen) atoms. The van der Waals surface area contributed by atoms with Crippen LogP contribution < -0.4 is 5.32 Å². The third-order valence-corrected chi connectivity index (χ3v) is 1.58. The first-order valence-electron chi connectivity index (χ1n) is 5.08. The molecule has 0 aromatic rings. The highest BCUT2D eigenvalue weighted by Gasteiger charge is 2.15. The van der Waals surface area contributed by atoms with Gasteiger partial charge in [0.05, 0.1) is 5.92 Å². The molecule has 1 unspecified atom stereocenters. The van der Waals surface area contributed by atoms with E-state index in [2.05, 4.69) is 5.32 Å². The lowest BCUT2D eigenvalue weighted by Crippen LogP contribution is -2.32. The second-order valence-electron chi connectivity index (χ2n) is 4.44. The fourth-order valence-electron chi connectivity index (χ4n) is 0.811. The smallest absolute Gasteiger partial charge is 0.407 e. The standard InChI is InChI=1S/C11H19NO4/c1-8(9(13)14)6-5-7-12-10(15)16-11(2,3)4/h5-6,8H,7H2,1-4H3,(H,12,15)(H,13,14)/b6-5+. The zero-order valence-electron chi connectivity index (χ0n) is 10.1. The lowest BCUT2D eigenvalue weighted by molar-refractivity contribution is -0.139. The lowest BCUT2D eigenvalue weighted by atomic mass is 10.2. The van der Waals surface area contributed by atoms with Crippen LogP contribution in [0.15, 0.2) is 12.2 Å². The van der Waals surface area contributed by atoms with E-state index in [1.165, 1.54) is 6.08 Å². The van der Waals surface area contributed by atoms with E-state index in [0.29, 0.717) is 0 Å². The Hall–Kier alpha value is -1.52. The average molecular weight is 229 g/mol. The molecule has 0 aromatic heterocycles. The maximum atomic E-state index is 11.2. The minimum atomic E-state index is -0.895. The molecule has 0 aliphatic rings. The zero-order chi connectivity index (χ0) is 12.8. The molecule has 0 aliphatic carbocycles. The molecule has 0 aromatic carbocycles. The van der Waals surface area contributed by atoms with Crippen LogP contribution in [-0.4, -0.2) is 29.3 Å². The summed E-state index contributed by atoms with van der Waals surface area (Å²) in [4.78, 5) is 21.6. The van der Waals surface area contributed by atoms with Crippen LogP contribution in [0.25, 0.3) is 0 Å². The van der Waals surface area contributed by atoms with E-state index in [-0.39, 0.29) is 6.54 Å². The van der Waals surface area contributed by atoms with Gasteiger partial charge in [-0.1, -0.05) is 12.2 Å². The van der Waals surface area contributed by atoms with Crippen molar-refractivity contribution in [2.75, 3.05) is 6.54 Å². The summed E-state index contributed by atoms with van der Waals surface area (Å²) in [6.45, 7) is 7.14. The number of carboxylic acids is 1. The first-order chi connectivity index (χ1) is 7.22. The number of alkyl carbamates (subject to hydrolysis) is 1. The normalized spacial score (nSPS) is 13.5. The van der Waals surface area contributed by atoms with Crippen LogP contribution in [-0.2, 0) is 9.53 Å². The summed E-state index contributed by atoms with van der Waals surface area (Å²) in [5.41, 5.74) is -0.526. The van der Waals surface area contributed by atoms with Gasteiger partial charge in [0.1, 0.15) is 5.60 Å². The van der Waals surface area contributed by atoms with Crippen LogP contribution >= 0.6 is 0 Å². The Morgan fingerprint density at radius 1 is 1.44 bits per heavy atom. The minimum Gasteiger partial charge on any atom is -0.481 e. The molecule has 0 saturated heterocycles. The van der Waals surface area contributed by atoms with Crippen molar-refractivity contribution in [3.8, 4) is 0 Å². The number of rotatable bonds is 4. The molecular formula is C11H19NO4. The van der Waals surface area contributed by atoms with E-state index >= 15 is 0 Å². The van der Waals surface area contributed by atoms with Crippen molar-refractivity contribution >= 4 is 12.1 Å². The fourth-order valence-corrected chi connectivity index (χ4v) is 0.811. The number of hydrogen-bond donors (Lipinski definition) is 2. The third kappa shape index (κ3) is 7.84. The van der Waals surface area contributed by atoms with Crippen LogP contribution in [0, 0.1) is 5.92 Å². The van der Waals surface area contributed by atoms with Crippen molar-refractivity contribution in [2.24, 2.45) is 5.92 Å². The van der Waals surface area contributed by atoms with Gasteiger partial charge in [0.25, 0.3) is 0 Å². The number of carboxylic acid groups (broad SMARTS) is 1. The number of aliphatic carboxylic acids is 1. The Kier molecular flexibility index (Phi) is 5.56. The van der Waals surface area contributed by atoms with E-state index in [0.717, 1.165) is 0 Å². The molecule has 5 nitrogen and oxygen atoms in total. The molecule has 2 N–H and O–H groups in total. The number of amides is 1. The Labute approximate surface area is 95.5 Å². The van der Waals surface area contributed by atoms with Gasteiger partial charge in [0, 0.05) is 6.54 Å².